The summed E-state index contributed by atoms with van der Waals surface area (Å²) in [5.41, 5.74) is -0.356. The number of aliphatic imine (C=N–C) groups is 1. The summed E-state index contributed by atoms with van der Waals surface area (Å²) in [4.78, 5) is 3.68. The number of benzene rings is 1. The van der Waals surface area contributed by atoms with Crippen molar-refractivity contribution >= 4 is 28.6 Å². The van der Waals surface area contributed by atoms with Crippen LogP contribution in [0.3, 0.4) is 0 Å². The van der Waals surface area contributed by atoms with Crippen molar-refractivity contribution in [2.24, 2.45) is 4.99 Å². The number of thiocarbonyl (C=S) groups is 1. The van der Waals surface area contributed by atoms with Crippen LogP contribution in [0.15, 0.2) is 34.9 Å². The van der Waals surface area contributed by atoms with Gasteiger partial charge >= 0.3 is 6.18 Å². The highest BCUT2D eigenvalue weighted by molar-refractivity contribution is 7.78. The molecule has 0 N–H and O–H groups in total. The number of isothiocyanates is 1. The summed E-state index contributed by atoms with van der Waals surface area (Å²) in [5.74, 6) is 0. The zero-order valence-corrected chi connectivity index (χ0v) is 11.1. The van der Waals surface area contributed by atoms with Gasteiger partial charge in [-0.15, -0.1) is 0 Å². The molecule has 1 aliphatic carbocycles. The van der Waals surface area contributed by atoms with E-state index in [-0.39, 0.29) is 11.3 Å². The molecule has 0 amide bonds. The van der Waals surface area contributed by atoms with Crippen LogP contribution in [0.4, 0.5) is 18.9 Å². The molecule has 1 aliphatic rings. The van der Waals surface area contributed by atoms with E-state index >= 15 is 0 Å². The van der Waals surface area contributed by atoms with Crippen LogP contribution in [0.5, 0.6) is 0 Å². The third kappa shape index (κ3) is 2.29. The maximum atomic E-state index is 13.3. The molecule has 2 nitrogen and oxygen atoms in total. The zero-order chi connectivity index (χ0) is 14.9. The number of nitrogens with zero attached hydrogens (tertiary/aromatic N) is 2. The largest absolute Gasteiger partial charge is 0.418 e. The predicted octanol–water partition coefficient (Wildman–Crippen LogP) is 4.65. The third-order valence-electron chi connectivity index (χ3n) is 2.95. The van der Waals surface area contributed by atoms with Crippen LogP contribution in [0.1, 0.15) is 23.6 Å². The molecule has 100 valence electrons. The molecule has 0 saturated heterocycles. The van der Waals surface area contributed by atoms with Gasteiger partial charge in [-0.05, 0) is 42.4 Å². The lowest BCUT2D eigenvalue weighted by molar-refractivity contribution is -0.137. The summed E-state index contributed by atoms with van der Waals surface area (Å²) < 4.78 is 39.8. The van der Waals surface area contributed by atoms with Gasteiger partial charge in [0.05, 0.1) is 28.0 Å². The summed E-state index contributed by atoms with van der Waals surface area (Å²) in [6.45, 7) is 1.69. The maximum Gasteiger partial charge on any atom is 0.418 e. The SMILES string of the molecule is CC1=CC=C1c1c(N=C=S)ccc(C#N)c1C(F)(F)F. The van der Waals surface area contributed by atoms with Crippen molar-refractivity contribution in [3.63, 3.8) is 0 Å². The van der Waals surface area contributed by atoms with Crippen LogP contribution in [-0.4, -0.2) is 5.16 Å². The Morgan fingerprint density at radius 2 is 1.95 bits per heavy atom. The maximum absolute atomic E-state index is 13.3. The van der Waals surface area contributed by atoms with E-state index in [2.05, 4.69) is 22.4 Å². The molecule has 0 aromatic heterocycles. The Labute approximate surface area is 118 Å². The second-order valence-corrected chi connectivity index (χ2v) is 4.31. The first-order valence-corrected chi connectivity index (χ1v) is 5.92. The van der Waals surface area contributed by atoms with Gasteiger partial charge in [-0.3, -0.25) is 0 Å². The van der Waals surface area contributed by atoms with Gasteiger partial charge in [0.2, 0.25) is 0 Å². The normalized spacial score (nSPS) is 13.6. The highest BCUT2D eigenvalue weighted by atomic mass is 32.1. The number of hydrogen-bond acceptors (Lipinski definition) is 3. The molecule has 0 aliphatic heterocycles. The molecule has 0 saturated carbocycles. The van der Waals surface area contributed by atoms with Crippen LogP contribution in [0.25, 0.3) is 5.57 Å². The van der Waals surface area contributed by atoms with Crippen molar-refractivity contribution in [2.45, 2.75) is 13.1 Å². The molecule has 1 aromatic rings. The van der Waals surface area contributed by atoms with Gasteiger partial charge in [0.15, 0.2) is 0 Å². The first-order chi connectivity index (χ1) is 9.40. The van der Waals surface area contributed by atoms with Gasteiger partial charge < -0.3 is 0 Å². The minimum Gasteiger partial charge on any atom is -0.194 e. The number of halogens is 3. The summed E-state index contributed by atoms with van der Waals surface area (Å²) >= 11 is 4.46. The molecule has 6 heteroatoms. The van der Waals surface area contributed by atoms with E-state index in [9.17, 15) is 13.2 Å². The fourth-order valence-electron chi connectivity index (χ4n) is 2.01. The predicted molar refractivity (Wildman–Crippen MR) is 72.6 cm³/mol. The molecule has 0 spiro atoms. The molecule has 0 bridgehead atoms. The van der Waals surface area contributed by atoms with E-state index in [0.29, 0.717) is 11.1 Å². The molecule has 20 heavy (non-hydrogen) atoms. The van der Waals surface area contributed by atoms with E-state index in [0.717, 1.165) is 6.07 Å². The van der Waals surface area contributed by atoms with E-state index in [1.165, 1.54) is 6.07 Å². The standard InChI is InChI=1S/C14H7F3N2S/c1-8-2-4-10(8)12-11(19-7-20)5-3-9(6-18)13(12)14(15,16)17/h2-5H,1H3. The second kappa shape index (κ2) is 5.04. The molecule has 0 unspecified atom stereocenters. The minimum absolute atomic E-state index is 0.0602. The van der Waals surface area contributed by atoms with Crippen LogP contribution in [0, 0.1) is 11.3 Å². The first-order valence-electron chi connectivity index (χ1n) is 5.51. The quantitative estimate of drug-likeness (QED) is 0.587. The van der Waals surface area contributed by atoms with Crippen molar-refractivity contribution in [1.82, 2.24) is 0 Å². The number of allylic oxidation sites excluding steroid dienone is 4. The number of rotatable bonds is 2. The zero-order valence-electron chi connectivity index (χ0n) is 10.2. The molecular weight excluding hydrogens is 285 g/mol. The van der Waals surface area contributed by atoms with Crippen molar-refractivity contribution in [3.05, 3.63) is 46.5 Å². The molecule has 0 fully saturated rings. The Morgan fingerprint density at radius 3 is 2.35 bits per heavy atom. The fraction of sp³-hybridized carbons (Fsp3) is 0.143. The Hall–Kier alpha value is -2.22. The summed E-state index contributed by atoms with van der Waals surface area (Å²) in [7, 11) is 0. The lowest BCUT2D eigenvalue weighted by Crippen LogP contribution is -2.13. The molecular formula is C14H7F3N2S. The van der Waals surface area contributed by atoms with Crippen LogP contribution < -0.4 is 0 Å². The molecule has 2 rings (SSSR count). The van der Waals surface area contributed by atoms with Crippen LogP contribution >= 0.6 is 12.2 Å². The number of alkyl halides is 3. The highest BCUT2D eigenvalue weighted by Crippen LogP contribution is 2.45. The topological polar surface area (TPSA) is 36.1 Å². The van der Waals surface area contributed by atoms with E-state index in [1.807, 2.05) is 0 Å². The molecule has 0 atom stereocenters. The molecule has 1 aromatic carbocycles. The number of nitriles is 1. The van der Waals surface area contributed by atoms with Gasteiger partial charge in [-0.1, -0.05) is 12.2 Å². The van der Waals surface area contributed by atoms with E-state index in [4.69, 9.17) is 5.26 Å². The van der Waals surface area contributed by atoms with Gasteiger partial charge in [-0.2, -0.15) is 23.4 Å². The summed E-state index contributed by atoms with van der Waals surface area (Å²) in [6.07, 6.45) is -1.40. The van der Waals surface area contributed by atoms with Gasteiger partial charge in [-0.25, -0.2) is 0 Å². The van der Waals surface area contributed by atoms with Gasteiger partial charge in [0.25, 0.3) is 0 Å². The van der Waals surface area contributed by atoms with E-state index in [1.54, 1.807) is 25.1 Å². The summed E-state index contributed by atoms with van der Waals surface area (Å²) in [6, 6.07) is 4.01. The van der Waals surface area contributed by atoms with Gasteiger partial charge in [0.1, 0.15) is 0 Å². The highest BCUT2D eigenvalue weighted by Gasteiger charge is 2.39. The lowest BCUT2D eigenvalue weighted by Gasteiger charge is -2.22. The average Bonchev–Trinajstić information content (AvgIpc) is 2.37. The Morgan fingerprint density at radius 1 is 1.25 bits per heavy atom. The van der Waals surface area contributed by atoms with Crippen molar-refractivity contribution < 1.29 is 13.2 Å². The molecule has 0 radical (unpaired) electrons. The smallest absolute Gasteiger partial charge is 0.194 e. The van der Waals surface area contributed by atoms with E-state index < -0.39 is 17.3 Å². The Kier molecular flexibility index (Phi) is 3.58. The Bertz CT molecular complexity index is 730. The summed E-state index contributed by atoms with van der Waals surface area (Å²) in [5, 5.41) is 11.0. The second-order valence-electron chi connectivity index (χ2n) is 4.12. The minimum atomic E-state index is -4.65. The molecule has 0 heterocycles. The van der Waals surface area contributed by atoms with Crippen molar-refractivity contribution in [3.8, 4) is 6.07 Å². The third-order valence-corrected chi connectivity index (χ3v) is 3.04. The van der Waals surface area contributed by atoms with Crippen LogP contribution in [-0.2, 0) is 6.18 Å². The first kappa shape index (κ1) is 14.2. The number of hydrogen-bond donors (Lipinski definition) is 0. The monoisotopic (exact) mass is 292 g/mol. The fourth-order valence-corrected chi connectivity index (χ4v) is 2.11. The Balaban J connectivity index is 2.84. The van der Waals surface area contributed by atoms with Crippen LogP contribution in [0.2, 0.25) is 0 Å². The van der Waals surface area contributed by atoms with Crippen molar-refractivity contribution in [1.29, 1.82) is 5.26 Å². The van der Waals surface area contributed by atoms with Crippen molar-refractivity contribution in [2.75, 3.05) is 0 Å². The lowest BCUT2D eigenvalue weighted by atomic mass is 9.85. The average molecular weight is 292 g/mol. The van der Waals surface area contributed by atoms with Gasteiger partial charge in [0, 0.05) is 5.56 Å².